The molecule has 8 aromatic rings. The molecule has 1 aromatic heterocycles. The minimum Gasteiger partial charge on any atom is -0.247 e. The first kappa shape index (κ1) is 27.2. The molecule has 0 atom stereocenters. The second-order valence-corrected chi connectivity index (χ2v) is 14.5. The molecule has 0 unspecified atom stereocenters. The quantitative estimate of drug-likeness (QED) is 0.175. The first-order valence-corrected chi connectivity index (χ1v) is 17.5. The first-order valence-electron chi connectivity index (χ1n) is 17.5. The zero-order chi connectivity index (χ0) is 32.4. The summed E-state index contributed by atoms with van der Waals surface area (Å²) >= 11 is 0. The van der Waals surface area contributed by atoms with E-state index in [2.05, 4.69) is 153 Å². The summed E-state index contributed by atoms with van der Waals surface area (Å²) < 4.78 is 0. The molecule has 3 aliphatic rings. The highest BCUT2D eigenvalue weighted by atomic mass is 14.7. The lowest BCUT2D eigenvalue weighted by Crippen LogP contribution is -2.17. The maximum absolute atomic E-state index is 5.46. The summed E-state index contributed by atoms with van der Waals surface area (Å²) in [6.07, 6.45) is 9.07. The normalized spacial score (nSPS) is 15.2. The Bertz CT molecular complexity index is 2840. The molecule has 0 spiro atoms. The van der Waals surface area contributed by atoms with Gasteiger partial charge in [-0.1, -0.05) is 147 Å². The third-order valence-electron chi connectivity index (χ3n) is 11.7. The van der Waals surface area contributed by atoms with E-state index < -0.39 is 0 Å². The molecule has 0 amide bonds. The highest BCUT2D eigenvalue weighted by molar-refractivity contribution is 6.20. The van der Waals surface area contributed by atoms with Gasteiger partial charge in [0.25, 0.3) is 0 Å². The van der Waals surface area contributed by atoms with Crippen molar-refractivity contribution in [3.8, 4) is 33.5 Å². The summed E-state index contributed by atoms with van der Waals surface area (Å²) in [5.41, 5.74) is 16.8. The number of fused-ring (bicyclic) bond motifs is 7. The van der Waals surface area contributed by atoms with E-state index in [-0.39, 0.29) is 5.41 Å². The molecule has 0 saturated carbocycles. The smallest absolute Gasteiger partial charge is 0.0759 e. The van der Waals surface area contributed by atoms with Gasteiger partial charge in [-0.25, -0.2) is 4.98 Å². The molecular weight excluding hydrogens is 591 g/mol. The van der Waals surface area contributed by atoms with Gasteiger partial charge in [-0.15, -0.1) is 0 Å². The molecular formula is C48H33N. The van der Waals surface area contributed by atoms with Crippen molar-refractivity contribution >= 4 is 54.9 Å². The fraction of sp³-hybridized carbons (Fsp3) is 0.104. The Balaban J connectivity index is 1.25. The monoisotopic (exact) mass is 623 g/mol. The van der Waals surface area contributed by atoms with Crippen LogP contribution in [0.5, 0.6) is 0 Å². The lowest BCUT2D eigenvalue weighted by atomic mass is 9.76. The minimum atomic E-state index is -0.209. The summed E-state index contributed by atoms with van der Waals surface area (Å²) in [6.45, 7) is 4.77. The van der Waals surface area contributed by atoms with Crippen molar-refractivity contribution < 1.29 is 0 Å². The van der Waals surface area contributed by atoms with Crippen molar-refractivity contribution in [2.75, 3.05) is 0 Å². The second kappa shape index (κ2) is 9.65. The predicted molar refractivity (Wildman–Crippen MR) is 208 cm³/mol. The zero-order valence-corrected chi connectivity index (χ0v) is 27.6. The summed E-state index contributed by atoms with van der Waals surface area (Å²) in [4.78, 5) is 5.46. The SMILES string of the molecule is CC1(C)c2ccccc2-c2nc3ccc4ccccc4c3c(-c3ccc(-c4ccc5ccc6c7c5c4CC=C7CC=C6)c4ccccc34)c21. The molecule has 0 bridgehead atoms. The van der Waals surface area contributed by atoms with Crippen LogP contribution in [-0.4, -0.2) is 4.98 Å². The van der Waals surface area contributed by atoms with Crippen LogP contribution < -0.4 is 0 Å². The summed E-state index contributed by atoms with van der Waals surface area (Å²) in [7, 11) is 0. The minimum absolute atomic E-state index is 0.209. The molecule has 49 heavy (non-hydrogen) atoms. The van der Waals surface area contributed by atoms with Crippen molar-refractivity contribution in [3.05, 3.63) is 161 Å². The largest absolute Gasteiger partial charge is 0.247 e. The molecule has 0 N–H and O–H groups in total. The molecule has 1 heterocycles. The fourth-order valence-corrected chi connectivity index (χ4v) is 9.51. The van der Waals surface area contributed by atoms with E-state index in [9.17, 15) is 0 Å². The van der Waals surface area contributed by atoms with E-state index in [1.807, 2.05) is 0 Å². The molecule has 0 aliphatic heterocycles. The number of rotatable bonds is 2. The van der Waals surface area contributed by atoms with Gasteiger partial charge in [0.1, 0.15) is 0 Å². The number of pyridine rings is 1. The molecule has 1 heteroatoms. The highest BCUT2D eigenvalue weighted by Gasteiger charge is 2.40. The molecule has 3 aliphatic carbocycles. The van der Waals surface area contributed by atoms with Gasteiger partial charge in [-0.05, 0) is 107 Å². The topological polar surface area (TPSA) is 12.9 Å². The highest BCUT2D eigenvalue weighted by Crippen LogP contribution is 2.55. The van der Waals surface area contributed by atoms with Crippen LogP contribution >= 0.6 is 0 Å². The van der Waals surface area contributed by atoms with Crippen molar-refractivity contribution in [3.63, 3.8) is 0 Å². The van der Waals surface area contributed by atoms with Gasteiger partial charge < -0.3 is 0 Å². The molecule has 0 fully saturated rings. The number of hydrogen-bond donors (Lipinski definition) is 0. The van der Waals surface area contributed by atoms with E-state index in [0.717, 1.165) is 24.1 Å². The van der Waals surface area contributed by atoms with Gasteiger partial charge >= 0.3 is 0 Å². The molecule has 0 saturated heterocycles. The van der Waals surface area contributed by atoms with Crippen molar-refractivity contribution in [1.82, 2.24) is 4.98 Å². The molecule has 11 rings (SSSR count). The van der Waals surface area contributed by atoms with Gasteiger partial charge in [0.15, 0.2) is 0 Å². The van der Waals surface area contributed by atoms with Gasteiger partial charge in [0, 0.05) is 16.4 Å². The lowest BCUT2D eigenvalue weighted by Gasteiger charge is -2.27. The van der Waals surface area contributed by atoms with E-state index in [0.29, 0.717) is 0 Å². The van der Waals surface area contributed by atoms with E-state index in [4.69, 9.17) is 4.98 Å². The van der Waals surface area contributed by atoms with Crippen LogP contribution in [0.1, 0.15) is 48.1 Å². The Morgan fingerprint density at radius 2 is 1.27 bits per heavy atom. The van der Waals surface area contributed by atoms with Crippen molar-refractivity contribution in [2.24, 2.45) is 0 Å². The number of hydrogen-bond acceptors (Lipinski definition) is 1. The predicted octanol–water partition coefficient (Wildman–Crippen LogP) is 12.7. The van der Waals surface area contributed by atoms with E-state index in [1.165, 1.54) is 98.9 Å². The maximum Gasteiger partial charge on any atom is 0.0759 e. The second-order valence-electron chi connectivity index (χ2n) is 14.5. The van der Waals surface area contributed by atoms with Crippen molar-refractivity contribution in [1.29, 1.82) is 0 Å². The van der Waals surface area contributed by atoms with Gasteiger partial charge in [-0.3, -0.25) is 0 Å². The molecule has 230 valence electrons. The third-order valence-corrected chi connectivity index (χ3v) is 11.7. The first-order chi connectivity index (χ1) is 24.1. The number of allylic oxidation sites excluding steroid dienone is 3. The van der Waals surface area contributed by atoms with Gasteiger partial charge in [0.2, 0.25) is 0 Å². The zero-order valence-electron chi connectivity index (χ0n) is 27.6. The Morgan fingerprint density at radius 3 is 2.16 bits per heavy atom. The lowest BCUT2D eigenvalue weighted by molar-refractivity contribution is 0.662. The van der Waals surface area contributed by atoms with E-state index >= 15 is 0 Å². The van der Waals surface area contributed by atoms with Crippen LogP contribution in [-0.2, 0) is 11.8 Å². The Labute approximate surface area is 285 Å². The van der Waals surface area contributed by atoms with E-state index in [1.54, 1.807) is 0 Å². The molecule has 7 aromatic carbocycles. The summed E-state index contributed by atoms with van der Waals surface area (Å²) in [5, 5.41) is 9.10. The van der Waals surface area contributed by atoms with Crippen LogP contribution in [0.25, 0.3) is 88.4 Å². The Kier molecular flexibility index (Phi) is 5.35. The van der Waals surface area contributed by atoms with Gasteiger partial charge in [0.05, 0.1) is 11.2 Å². The van der Waals surface area contributed by atoms with Crippen LogP contribution in [0.2, 0.25) is 0 Å². The van der Waals surface area contributed by atoms with Crippen molar-refractivity contribution in [2.45, 2.75) is 32.1 Å². The van der Waals surface area contributed by atoms with Crippen LogP contribution in [0, 0.1) is 0 Å². The maximum atomic E-state index is 5.46. The Hall–Kier alpha value is -5.79. The average molecular weight is 624 g/mol. The Morgan fingerprint density at radius 1 is 0.551 bits per heavy atom. The summed E-state index contributed by atoms with van der Waals surface area (Å²) in [6, 6.07) is 45.4. The number of aromatic nitrogens is 1. The number of benzene rings is 7. The fourth-order valence-electron chi connectivity index (χ4n) is 9.51. The average Bonchev–Trinajstić information content (AvgIpc) is 3.38. The standard InChI is InChI=1S/C48H33N/c1-48(2)40-17-8-7-16-39(40)47-46(48)45(44-32-13-4-3-10-28(32)22-27-41(44)49-47)38-26-25-35(33-14-5-6-15-34(33)38)36-23-20-31-19-18-29-11-9-12-30-21-24-37(36)43(31)42(29)30/h3-11,13-23,25-27H,12,24H2,1-2H3. The van der Waals surface area contributed by atoms with Crippen LogP contribution in [0.4, 0.5) is 0 Å². The van der Waals surface area contributed by atoms with Gasteiger partial charge in [-0.2, -0.15) is 0 Å². The van der Waals surface area contributed by atoms with Crippen LogP contribution in [0.3, 0.4) is 0 Å². The third kappa shape index (κ3) is 3.57. The summed E-state index contributed by atoms with van der Waals surface area (Å²) in [5.74, 6) is 0. The number of nitrogens with zero attached hydrogens (tertiary/aromatic N) is 1. The molecule has 0 radical (unpaired) electrons. The molecule has 1 nitrogen and oxygen atoms in total. The van der Waals surface area contributed by atoms with Crippen LogP contribution in [0.15, 0.2) is 133 Å².